The molecule has 3 fully saturated rings. The van der Waals surface area contributed by atoms with Gasteiger partial charge in [0.05, 0.1) is 42.7 Å². The van der Waals surface area contributed by atoms with Gasteiger partial charge in [0.1, 0.15) is 23.8 Å². The topological polar surface area (TPSA) is 127 Å². The van der Waals surface area contributed by atoms with Gasteiger partial charge in [0.15, 0.2) is 0 Å². The van der Waals surface area contributed by atoms with Crippen LogP contribution in [0.4, 0.5) is 0 Å². The Hall–Kier alpha value is -3.57. The molecule has 3 aliphatic heterocycles. The summed E-state index contributed by atoms with van der Waals surface area (Å²) in [5.41, 5.74) is 0.276. The van der Waals surface area contributed by atoms with Crippen LogP contribution >= 0.6 is 0 Å². The maximum Gasteiger partial charge on any atom is 0.312 e. The van der Waals surface area contributed by atoms with E-state index in [0.717, 1.165) is 18.4 Å². The molecule has 214 valence electrons. The number of ether oxygens (including phenoxy) is 2. The normalized spacial score (nSPS) is 27.6. The van der Waals surface area contributed by atoms with Crippen molar-refractivity contribution in [1.29, 1.82) is 0 Å². The number of likely N-dealkylation sites (tertiary alicyclic amines) is 1. The summed E-state index contributed by atoms with van der Waals surface area (Å²) in [7, 11) is 0. The summed E-state index contributed by atoms with van der Waals surface area (Å²) in [6.07, 6.45) is 6.32. The van der Waals surface area contributed by atoms with Gasteiger partial charge in [0.25, 0.3) is 0 Å². The molecule has 5 rings (SSSR count). The quantitative estimate of drug-likeness (QED) is 0.228. The monoisotopic (exact) mass is 551 g/mol. The summed E-state index contributed by atoms with van der Waals surface area (Å²) in [5, 5.41) is 18.5. The molecule has 0 radical (unpaired) electrons. The Bertz CT molecular complexity index is 1290. The van der Waals surface area contributed by atoms with Gasteiger partial charge < -0.3 is 24.4 Å². The Kier molecular flexibility index (Phi) is 8.04. The minimum Gasteiger partial charge on any atom is -0.465 e. The number of carbonyl (C=O) groups excluding carboxylic acids is 3. The lowest BCUT2D eigenvalue weighted by Crippen LogP contribution is -2.58. The highest BCUT2D eigenvalue weighted by Crippen LogP contribution is 2.59. The molecule has 1 spiro atoms. The Labute approximate surface area is 233 Å². The highest BCUT2D eigenvalue weighted by Gasteiger charge is 2.75. The van der Waals surface area contributed by atoms with Crippen LogP contribution in [0, 0.1) is 11.8 Å². The summed E-state index contributed by atoms with van der Waals surface area (Å²) in [5.74, 6) is -2.83. The fourth-order valence-electron chi connectivity index (χ4n) is 6.59. The number of carbonyl (C=O) groups is 3. The number of esters is 1. The third-order valence-electron chi connectivity index (χ3n) is 8.42. The fourth-order valence-corrected chi connectivity index (χ4v) is 6.59. The van der Waals surface area contributed by atoms with Gasteiger partial charge in [0, 0.05) is 6.54 Å². The van der Waals surface area contributed by atoms with E-state index in [2.05, 4.69) is 23.5 Å². The lowest BCUT2D eigenvalue weighted by atomic mass is 9.70. The molecule has 3 saturated heterocycles. The molecule has 40 heavy (non-hydrogen) atoms. The number of allylic oxidation sites excluding steroid dienone is 1. The number of aromatic nitrogens is 3. The SMILES string of the molecule is C=CCCCCOC(=O)[C@@H]1[C@@H]2CCC3(O2)C(C(=O)N(CC=C)Cn2nnc4ccccc42)N([C@H](C)CO)C(=O)[C@H]13. The minimum atomic E-state index is -1.18. The first-order valence-corrected chi connectivity index (χ1v) is 13.9. The van der Waals surface area contributed by atoms with Gasteiger partial charge in [-0.15, -0.1) is 18.3 Å². The van der Waals surface area contributed by atoms with Gasteiger partial charge in [-0.2, -0.15) is 0 Å². The van der Waals surface area contributed by atoms with E-state index in [0.29, 0.717) is 24.8 Å². The highest BCUT2D eigenvalue weighted by molar-refractivity contribution is 5.98. The summed E-state index contributed by atoms with van der Waals surface area (Å²) in [6, 6.07) is 5.77. The third-order valence-corrected chi connectivity index (χ3v) is 8.42. The van der Waals surface area contributed by atoms with E-state index >= 15 is 0 Å². The third kappa shape index (κ3) is 4.60. The number of aliphatic hydroxyl groups is 1. The second-order valence-electron chi connectivity index (χ2n) is 10.9. The van der Waals surface area contributed by atoms with E-state index in [-0.39, 0.29) is 38.2 Å². The van der Waals surface area contributed by atoms with E-state index in [9.17, 15) is 19.5 Å². The molecule has 11 heteroatoms. The Morgan fingerprint density at radius 2 is 2.10 bits per heavy atom. The first-order valence-electron chi connectivity index (χ1n) is 13.9. The lowest BCUT2D eigenvalue weighted by molar-refractivity contribution is -0.156. The van der Waals surface area contributed by atoms with Crippen molar-refractivity contribution in [3.05, 3.63) is 49.6 Å². The van der Waals surface area contributed by atoms with Crippen LogP contribution in [0.3, 0.4) is 0 Å². The van der Waals surface area contributed by atoms with Crippen molar-refractivity contribution < 1.29 is 29.0 Å². The maximum absolute atomic E-state index is 14.4. The molecule has 1 aromatic carbocycles. The molecule has 0 aliphatic carbocycles. The predicted octanol–water partition coefficient (Wildman–Crippen LogP) is 2.06. The van der Waals surface area contributed by atoms with Crippen molar-refractivity contribution in [3.63, 3.8) is 0 Å². The van der Waals surface area contributed by atoms with E-state index in [1.54, 1.807) is 22.6 Å². The van der Waals surface area contributed by atoms with E-state index in [1.807, 2.05) is 30.3 Å². The van der Waals surface area contributed by atoms with Gasteiger partial charge in [-0.05, 0) is 51.2 Å². The lowest BCUT2D eigenvalue weighted by Gasteiger charge is -2.38. The van der Waals surface area contributed by atoms with Gasteiger partial charge in [-0.1, -0.05) is 29.5 Å². The van der Waals surface area contributed by atoms with E-state index < -0.39 is 41.6 Å². The number of hydrogen-bond acceptors (Lipinski definition) is 8. The standard InChI is InChI=1S/C29H37N5O6/c1-4-6-7-10-16-39-28(38)23-22-13-14-29(40-22)24(23)26(36)34(19(3)17-35)25(29)27(37)32(15-5-2)18-33-21-12-9-8-11-20(21)30-31-33/h4-5,8-9,11-12,19,22-25,35H,1-2,6-7,10,13-18H2,3H3/t19-,22+,23-,24+,25?,29?/m1/s1. The van der Waals surface area contributed by atoms with Crippen LogP contribution in [0.5, 0.6) is 0 Å². The van der Waals surface area contributed by atoms with Gasteiger partial charge in [0.2, 0.25) is 11.8 Å². The van der Waals surface area contributed by atoms with Crippen molar-refractivity contribution in [1.82, 2.24) is 24.8 Å². The number of nitrogens with zero attached hydrogens (tertiary/aromatic N) is 5. The molecule has 4 heterocycles. The molecule has 2 unspecified atom stereocenters. The summed E-state index contributed by atoms with van der Waals surface area (Å²) >= 11 is 0. The summed E-state index contributed by atoms with van der Waals surface area (Å²) in [6.45, 7) is 9.41. The fraction of sp³-hybridized carbons (Fsp3) is 0.552. The van der Waals surface area contributed by atoms with Crippen LogP contribution in [-0.4, -0.2) is 91.2 Å². The zero-order chi connectivity index (χ0) is 28.4. The molecule has 2 aromatic rings. The molecule has 1 N–H and O–H groups in total. The van der Waals surface area contributed by atoms with Crippen molar-refractivity contribution in [3.8, 4) is 0 Å². The van der Waals surface area contributed by atoms with Crippen molar-refractivity contribution in [2.75, 3.05) is 19.8 Å². The van der Waals surface area contributed by atoms with Crippen molar-refractivity contribution in [2.45, 2.75) is 69.5 Å². The number of para-hydroxylation sites is 1. The van der Waals surface area contributed by atoms with Crippen LogP contribution < -0.4 is 0 Å². The zero-order valence-electron chi connectivity index (χ0n) is 22.9. The number of unbranched alkanes of at least 4 members (excludes halogenated alkanes) is 2. The largest absolute Gasteiger partial charge is 0.465 e. The summed E-state index contributed by atoms with van der Waals surface area (Å²) in [4.78, 5) is 44.6. The number of benzene rings is 1. The van der Waals surface area contributed by atoms with Crippen LogP contribution in [-0.2, 0) is 30.5 Å². The molecule has 3 aliphatic rings. The van der Waals surface area contributed by atoms with Crippen LogP contribution in [0.15, 0.2) is 49.6 Å². The second kappa shape index (κ2) is 11.5. The predicted molar refractivity (Wildman–Crippen MR) is 145 cm³/mol. The molecule has 2 bridgehead atoms. The highest BCUT2D eigenvalue weighted by atomic mass is 16.6. The molecular formula is C29H37N5O6. The Balaban J connectivity index is 1.44. The Morgan fingerprint density at radius 1 is 1.30 bits per heavy atom. The first kappa shape index (κ1) is 28.0. The minimum absolute atomic E-state index is 0.0811. The van der Waals surface area contributed by atoms with Crippen molar-refractivity contribution in [2.24, 2.45) is 11.8 Å². The van der Waals surface area contributed by atoms with Crippen LogP contribution in [0.1, 0.15) is 39.0 Å². The van der Waals surface area contributed by atoms with Gasteiger partial charge >= 0.3 is 5.97 Å². The van der Waals surface area contributed by atoms with Crippen LogP contribution in [0.25, 0.3) is 11.0 Å². The van der Waals surface area contributed by atoms with Crippen LogP contribution in [0.2, 0.25) is 0 Å². The molecular weight excluding hydrogens is 514 g/mol. The average molecular weight is 552 g/mol. The van der Waals surface area contributed by atoms with E-state index in [4.69, 9.17) is 9.47 Å². The van der Waals surface area contributed by atoms with Gasteiger partial charge in [-0.25, -0.2) is 4.68 Å². The van der Waals surface area contributed by atoms with Gasteiger partial charge in [-0.3, -0.25) is 14.4 Å². The molecule has 6 atom stereocenters. The first-order chi connectivity index (χ1) is 19.4. The smallest absolute Gasteiger partial charge is 0.312 e. The molecule has 11 nitrogen and oxygen atoms in total. The number of rotatable bonds is 13. The zero-order valence-corrected chi connectivity index (χ0v) is 22.9. The molecule has 0 saturated carbocycles. The average Bonchev–Trinajstić information content (AvgIpc) is 3.71. The number of hydrogen-bond donors (Lipinski definition) is 1. The van der Waals surface area contributed by atoms with Crippen molar-refractivity contribution >= 4 is 28.8 Å². The maximum atomic E-state index is 14.4. The summed E-state index contributed by atoms with van der Waals surface area (Å²) < 4.78 is 13.7. The number of aliphatic hydroxyl groups excluding tert-OH is 1. The second-order valence-corrected chi connectivity index (χ2v) is 10.9. The molecule has 1 aromatic heterocycles. The van der Waals surface area contributed by atoms with E-state index in [1.165, 1.54) is 4.90 Å². The number of amides is 2. The molecule has 2 amide bonds. The number of fused-ring (bicyclic) bond motifs is 2. The Morgan fingerprint density at radius 3 is 2.85 bits per heavy atom.